The molecule has 0 radical (unpaired) electrons. The van der Waals surface area contributed by atoms with Crippen molar-refractivity contribution < 1.29 is 9.53 Å². The molecule has 1 saturated heterocycles. The van der Waals surface area contributed by atoms with E-state index in [-0.39, 0.29) is 17.8 Å². The first-order valence-electron chi connectivity index (χ1n) is 8.49. The van der Waals surface area contributed by atoms with Crippen molar-refractivity contribution in [3.05, 3.63) is 64.1 Å². The number of thiocarbonyl (C=S) groups is 1. The minimum atomic E-state index is -0.240. The van der Waals surface area contributed by atoms with Gasteiger partial charge in [0, 0.05) is 11.0 Å². The minimum absolute atomic E-state index is 0.0591. The van der Waals surface area contributed by atoms with E-state index >= 15 is 0 Å². The summed E-state index contributed by atoms with van der Waals surface area (Å²) in [6, 6.07) is 15.8. The fraction of sp³-hybridized carbons (Fsp3) is 0.238. The summed E-state index contributed by atoms with van der Waals surface area (Å²) in [7, 11) is 0. The van der Waals surface area contributed by atoms with Crippen LogP contribution in [0, 0.1) is 12.3 Å². The second-order valence-corrected chi connectivity index (χ2v) is 8.80. The molecule has 1 fully saturated rings. The van der Waals surface area contributed by atoms with Crippen molar-refractivity contribution in [3.63, 3.8) is 0 Å². The van der Waals surface area contributed by atoms with Crippen molar-refractivity contribution in [1.82, 2.24) is 4.90 Å². The Kier molecular flexibility index (Phi) is 6.95. The molecule has 3 rings (SSSR count). The Hall–Kier alpha value is -1.81. The predicted octanol–water partition coefficient (Wildman–Crippen LogP) is 4.48. The Balaban J connectivity index is 1.68. The molecule has 1 heterocycles. The first-order valence-corrected chi connectivity index (χ1v) is 10.6. The summed E-state index contributed by atoms with van der Waals surface area (Å²) < 4.78 is 7.20. The average Bonchev–Trinajstić information content (AvgIpc) is 2.93. The molecule has 27 heavy (non-hydrogen) atoms. The average molecular weight is 460 g/mol. The number of carbonyl (C=O) groups excluding carboxylic acids is 1. The lowest BCUT2D eigenvalue weighted by atomic mass is 10.1. The predicted molar refractivity (Wildman–Crippen MR) is 118 cm³/mol. The van der Waals surface area contributed by atoms with Crippen LogP contribution >= 0.6 is 39.9 Å². The highest BCUT2D eigenvalue weighted by Gasteiger charge is 2.37. The number of terminal acetylenes is 1. The lowest BCUT2D eigenvalue weighted by Crippen LogP contribution is -2.33. The van der Waals surface area contributed by atoms with E-state index in [1.165, 1.54) is 17.3 Å². The molecule has 0 bridgehead atoms. The molecule has 2 aromatic carbocycles. The van der Waals surface area contributed by atoms with Gasteiger partial charge in [0.2, 0.25) is 5.91 Å². The molecule has 0 aromatic heterocycles. The van der Waals surface area contributed by atoms with Gasteiger partial charge < -0.3 is 4.74 Å². The van der Waals surface area contributed by atoms with Crippen LogP contribution in [0.25, 0.3) is 0 Å². The first-order chi connectivity index (χ1) is 13.1. The van der Waals surface area contributed by atoms with Gasteiger partial charge in [0.25, 0.3) is 0 Å². The van der Waals surface area contributed by atoms with E-state index in [9.17, 15) is 4.79 Å². The quantitative estimate of drug-likeness (QED) is 0.451. The maximum atomic E-state index is 12.9. The summed E-state index contributed by atoms with van der Waals surface area (Å²) in [6.45, 7) is 0.798. The number of hydrogen-bond donors (Lipinski definition) is 0. The number of amides is 1. The van der Waals surface area contributed by atoms with Gasteiger partial charge >= 0.3 is 0 Å². The van der Waals surface area contributed by atoms with E-state index < -0.39 is 0 Å². The number of hydrogen-bond acceptors (Lipinski definition) is 4. The van der Waals surface area contributed by atoms with E-state index in [4.69, 9.17) is 23.4 Å². The number of nitrogens with zero attached hydrogens (tertiary/aromatic N) is 1. The van der Waals surface area contributed by atoms with Crippen molar-refractivity contribution in [1.29, 1.82) is 0 Å². The molecule has 1 aliphatic heterocycles. The molecule has 138 valence electrons. The van der Waals surface area contributed by atoms with Crippen molar-refractivity contribution in [3.8, 4) is 18.1 Å². The molecule has 0 aliphatic carbocycles. The first kappa shape index (κ1) is 19.9. The Morgan fingerprint density at radius 1 is 1.26 bits per heavy atom. The molecular weight excluding hydrogens is 442 g/mol. The molecule has 0 spiro atoms. The van der Waals surface area contributed by atoms with Gasteiger partial charge in [-0.2, -0.15) is 0 Å². The highest BCUT2D eigenvalue weighted by molar-refractivity contribution is 9.10. The Morgan fingerprint density at radius 3 is 2.78 bits per heavy atom. The maximum absolute atomic E-state index is 12.9. The molecule has 1 amide bonds. The third-order valence-corrected chi connectivity index (χ3v) is 6.29. The molecule has 1 aliphatic rings. The van der Waals surface area contributed by atoms with E-state index in [0.717, 1.165) is 16.5 Å². The number of halogens is 1. The van der Waals surface area contributed by atoms with Gasteiger partial charge in [-0.25, -0.2) is 0 Å². The van der Waals surface area contributed by atoms with Crippen LogP contribution in [0.4, 0.5) is 0 Å². The van der Waals surface area contributed by atoms with Crippen molar-refractivity contribution >= 4 is 50.1 Å². The Morgan fingerprint density at radius 2 is 2.04 bits per heavy atom. The second-order valence-electron chi connectivity index (χ2n) is 6.05. The summed E-state index contributed by atoms with van der Waals surface area (Å²) in [4.78, 5) is 14.6. The van der Waals surface area contributed by atoms with Crippen LogP contribution in [-0.4, -0.2) is 33.5 Å². The highest BCUT2D eigenvalue weighted by atomic mass is 79.9. The van der Waals surface area contributed by atoms with Crippen molar-refractivity contribution in [2.75, 3.05) is 13.2 Å². The smallest absolute Gasteiger partial charge is 0.241 e. The van der Waals surface area contributed by atoms with Crippen LogP contribution in [0.2, 0.25) is 0 Å². The SMILES string of the molecule is C#CCOc1ccc(Br)cc1C[C@H]1SC(=S)N(CCc2ccccc2)C1=O. The fourth-order valence-electron chi connectivity index (χ4n) is 2.88. The van der Waals surface area contributed by atoms with Crippen LogP contribution in [0.5, 0.6) is 5.75 Å². The highest BCUT2D eigenvalue weighted by Crippen LogP contribution is 2.33. The number of ether oxygens (including phenoxy) is 1. The van der Waals surface area contributed by atoms with E-state index in [1.54, 1.807) is 4.90 Å². The molecule has 0 N–H and O–H groups in total. The van der Waals surface area contributed by atoms with Gasteiger partial charge in [-0.15, -0.1) is 6.42 Å². The fourth-order valence-corrected chi connectivity index (χ4v) is 4.86. The lowest BCUT2D eigenvalue weighted by molar-refractivity contribution is -0.126. The summed E-state index contributed by atoms with van der Waals surface area (Å²) in [6.07, 6.45) is 6.62. The minimum Gasteiger partial charge on any atom is -0.481 e. The molecule has 0 saturated carbocycles. The summed E-state index contributed by atoms with van der Waals surface area (Å²) >= 11 is 10.4. The number of benzene rings is 2. The Labute approximate surface area is 177 Å². The topological polar surface area (TPSA) is 29.5 Å². The van der Waals surface area contributed by atoms with Gasteiger partial charge in [-0.1, -0.05) is 76.2 Å². The molecule has 3 nitrogen and oxygen atoms in total. The van der Waals surface area contributed by atoms with Crippen LogP contribution in [0.3, 0.4) is 0 Å². The van der Waals surface area contributed by atoms with E-state index in [1.807, 2.05) is 36.4 Å². The summed E-state index contributed by atoms with van der Waals surface area (Å²) in [5.74, 6) is 3.24. The van der Waals surface area contributed by atoms with Gasteiger partial charge in [-0.3, -0.25) is 9.69 Å². The van der Waals surface area contributed by atoms with Crippen molar-refractivity contribution in [2.24, 2.45) is 0 Å². The lowest BCUT2D eigenvalue weighted by Gasteiger charge is -2.16. The normalized spacial score (nSPS) is 16.4. The zero-order chi connectivity index (χ0) is 19.2. The summed E-state index contributed by atoms with van der Waals surface area (Å²) in [5, 5.41) is -0.240. The third-order valence-electron chi connectivity index (χ3n) is 4.21. The molecule has 2 aromatic rings. The van der Waals surface area contributed by atoms with Crippen molar-refractivity contribution in [2.45, 2.75) is 18.1 Å². The second kappa shape index (κ2) is 9.41. The number of rotatable bonds is 7. The van der Waals surface area contributed by atoms with Crippen LogP contribution in [0.1, 0.15) is 11.1 Å². The van der Waals surface area contributed by atoms with Gasteiger partial charge in [-0.05, 0) is 42.2 Å². The summed E-state index contributed by atoms with van der Waals surface area (Å²) in [5.41, 5.74) is 2.14. The monoisotopic (exact) mass is 459 g/mol. The van der Waals surface area contributed by atoms with Crippen LogP contribution < -0.4 is 4.74 Å². The zero-order valence-electron chi connectivity index (χ0n) is 14.6. The largest absolute Gasteiger partial charge is 0.481 e. The zero-order valence-corrected chi connectivity index (χ0v) is 17.8. The van der Waals surface area contributed by atoms with E-state index in [0.29, 0.717) is 23.0 Å². The number of carbonyl (C=O) groups is 1. The molecule has 6 heteroatoms. The van der Waals surface area contributed by atoms with E-state index in [2.05, 4.69) is 34.0 Å². The molecule has 1 atom stereocenters. The Bertz CT molecular complexity index is 879. The number of thioether (sulfide) groups is 1. The maximum Gasteiger partial charge on any atom is 0.241 e. The van der Waals surface area contributed by atoms with Crippen LogP contribution in [0.15, 0.2) is 53.0 Å². The molecular formula is C21H18BrNO2S2. The van der Waals surface area contributed by atoms with Gasteiger partial charge in [0.15, 0.2) is 0 Å². The molecule has 0 unspecified atom stereocenters. The van der Waals surface area contributed by atoms with Gasteiger partial charge in [0.05, 0.1) is 5.25 Å². The van der Waals surface area contributed by atoms with Crippen LogP contribution in [-0.2, 0) is 17.6 Å². The standard InChI is InChI=1S/C21H18BrNO2S2/c1-2-12-25-18-9-8-17(22)13-16(18)14-19-20(24)23(21(26)27-19)11-10-15-6-4-3-5-7-15/h1,3-9,13,19H,10-12,14H2/t19-/m1/s1. The van der Waals surface area contributed by atoms with Gasteiger partial charge in [0.1, 0.15) is 16.7 Å². The third kappa shape index (κ3) is 5.13.